The molecule has 0 saturated heterocycles. The zero-order chi connectivity index (χ0) is 17.5. The second-order valence-corrected chi connectivity index (χ2v) is 5.47. The largest absolute Gasteiger partial charge is 0.497 e. The highest BCUT2D eigenvalue weighted by Crippen LogP contribution is 2.19. The molecule has 0 aliphatic heterocycles. The molecular weight excluding hydrogens is 302 g/mol. The quantitative estimate of drug-likeness (QED) is 0.453. The maximum Gasteiger partial charge on any atom is 0.203 e. The lowest BCUT2D eigenvalue weighted by Gasteiger charge is -2.09. The van der Waals surface area contributed by atoms with Crippen molar-refractivity contribution in [3.8, 4) is 17.6 Å². The summed E-state index contributed by atoms with van der Waals surface area (Å²) < 4.78 is 10.7. The van der Waals surface area contributed by atoms with E-state index < -0.39 is 0 Å². The summed E-state index contributed by atoms with van der Waals surface area (Å²) in [6.45, 7) is 3.91. The van der Waals surface area contributed by atoms with Crippen LogP contribution in [0.15, 0.2) is 54.1 Å². The Morgan fingerprint density at radius 3 is 2.42 bits per heavy atom. The van der Waals surface area contributed by atoms with Crippen LogP contribution in [0.5, 0.6) is 11.5 Å². The molecule has 0 fully saturated rings. The number of carbonyl (C=O) groups is 1. The second-order valence-electron chi connectivity index (χ2n) is 5.47. The number of nitrogens with zero attached hydrogens (tertiary/aromatic N) is 1. The molecule has 24 heavy (non-hydrogen) atoms. The smallest absolute Gasteiger partial charge is 0.203 e. The Morgan fingerprint density at radius 2 is 1.83 bits per heavy atom. The Hall–Kier alpha value is -3.06. The molecule has 0 radical (unpaired) electrons. The van der Waals surface area contributed by atoms with E-state index in [4.69, 9.17) is 9.47 Å². The van der Waals surface area contributed by atoms with E-state index >= 15 is 0 Å². The van der Waals surface area contributed by atoms with Crippen molar-refractivity contribution in [3.05, 3.63) is 65.2 Å². The number of hydrogen-bond acceptors (Lipinski definition) is 4. The van der Waals surface area contributed by atoms with Crippen molar-refractivity contribution >= 4 is 11.9 Å². The third kappa shape index (κ3) is 4.47. The Balaban J connectivity index is 2.25. The zero-order valence-corrected chi connectivity index (χ0v) is 13.9. The Morgan fingerprint density at radius 1 is 1.12 bits per heavy atom. The van der Waals surface area contributed by atoms with Gasteiger partial charge in [0.2, 0.25) is 5.78 Å². The monoisotopic (exact) mass is 321 g/mol. The molecule has 122 valence electrons. The van der Waals surface area contributed by atoms with Gasteiger partial charge in [0.1, 0.15) is 23.1 Å². The van der Waals surface area contributed by atoms with Gasteiger partial charge in [0, 0.05) is 5.56 Å². The molecule has 0 heterocycles. The van der Waals surface area contributed by atoms with Crippen LogP contribution < -0.4 is 9.47 Å². The average molecular weight is 321 g/mol. The highest BCUT2D eigenvalue weighted by Gasteiger charge is 2.13. The van der Waals surface area contributed by atoms with E-state index in [0.717, 1.165) is 11.3 Å². The predicted molar refractivity (Wildman–Crippen MR) is 93.1 cm³/mol. The number of nitriles is 1. The first-order valence-electron chi connectivity index (χ1n) is 7.60. The fourth-order valence-corrected chi connectivity index (χ4v) is 2.15. The summed E-state index contributed by atoms with van der Waals surface area (Å²) in [6.07, 6.45) is 1.66. The van der Waals surface area contributed by atoms with Crippen molar-refractivity contribution in [1.82, 2.24) is 0 Å². The number of rotatable bonds is 6. The summed E-state index contributed by atoms with van der Waals surface area (Å²) in [7, 11) is 1.53. The van der Waals surface area contributed by atoms with Gasteiger partial charge in [0.05, 0.1) is 13.2 Å². The first kappa shape index (κ1) is 17.3. The van der Waals surface area contributed by atoms with Gasteiger partial charge < -0.3 is 9.47 Å². The number of ether oxygens (including phenoxy) is 2. The molecule has 0 atom stereocenters. The van der Waals surface area contributed by atoms with Crippen molar-refractivity contribution in [3.63, 3.8) is 0 Å². The molecule has 0 amide bonds. The molecule has 2 rings (SSSR count). The molecule has 0 N–H and O–H groups in total. The van der Waals surface area contributed by atoms with Crippen LogP contribution in [0, 0.1) is 11.3 Å². The fourth-order valence-electron chi connectivity index (χ4n) is 2.15. The lowest BCUT2D eigenvalue weighted by molar-refractivity contribution is 0.103. The van der Waals surface area contributed by atoms with Crippen LogP contribution in [0.2, 0.25) is 0 Å². The van der Waals surface area contributed by atoms with E-state index in [1.165, 1.54) is 7.11 Å². The molecule has 0 aliphatic carbocycles. The van der Waals surface area contributed by atoms with E-state index in [1.54, 1.807) is 30.3 Å². The predicted octanol–water partition coefficient (Wildman–Crippen LogP) is 4.27. The lowest BCUT2D eigenvalue weighted by atomic mass is 10.0. The maximum absolute atomic E-state index is 12.5. The highest BCUT2D eigenvalue weighted by atomic mass is 16.5. The number of allylic oxidation sites excluding steroid dienone is 1. The van der Waals surface area contributed by atoms with Crippen LogP contribution in [0.4, 0.5) is 0 Å². The van der Waals surface area contributed by atoms with Crippen molar-refractivity contribution < 1.29 is 14.3 Å². The highest BCUT2D eigenvalue weighted by molar-refractivity contribution is 6.14. The summed E-state index contributed by atoms with van der Waals surface area (Å²) in [4.78, 5) is 12.5. The van der Waals surface area contributed by atoms with E-state index in [9.17, 15) is 10.1 Å². The average Bonchev–Trinajstić information content (AvgIpc) is 2.60. The Labute approximate surface area is 141 Å². The maximum atomic E-state index is 12.5. The van der Waals surface area contributed by atoms with Gasteiger partial charge in [-0.05, 0) is 49.8 Å². The number of methoxy groups -OCH3 is 1. The molecular formula is C20H19NO3. The van der Waals surface area contributed by atoms with Crippen molar-refractivity contribution in [1.29, 1.82) is 5.26 Å². The molecule has 0 aromatic heterocycles. The van der Waals surface area contributed by atoms with Crippen molar-refractivity contribution in [2.24, 2.45) is 0 Å². The molecule has 2 aromatic rings. The Bertz CT molecular complexity index is 783. The number of hydrogen-bond donors (Lipinski definition) is 0. The first-order valence-corrected chi connectivity index (χ1v) is 7.60. The first-order chi connectivity index (χ1) is 11.5. The van der Waals surface area contributed by atoms with Gasteiger partial charge in [-0.15, -0.1) is 0 Å². The van der Waals surface area contributed by atoms with Gasteiger partial charge in [-0.1, -0.05) is 24.3 Å². The van der Waals surface area contributed by atoms with Crippen LogP contribution in [-0.2, 0) is 0 Å². The van der Waals surface area contributed by atoms with Gasteiger partial charge in [-0.25, -0.2) is 0 Å². The van der Waals surface area contributed by atoms with E-state index in [2.05, 4.69) is 0 Å². The van der Waals surface area contributed by atoms with E-state index in [-0.39, 0.29) is 17.5 Å². The Kier molecular flexibility index (Phi) is 5.75. The van der Waals surface area contributed by atoms with Gasteiger partial charge in [-0.3, -0.25) is 4.79 Å². The van der Waals surface area contributed by atoms with E-state index in [1.807, 2.05) is 44.2 Å². The minimum absolute atomic E-state index is 0.0702. The van der Waals surface area contributed by atoms with Crippen LogP contribution in [0.3, 0.4) is 0 Å². The molecule has 0 saturated carbocycles. The minimum atomic E-state index is -0.334. The summed E-state index contributed by atoms with van der Waals surface area (Å²) >= 11 is 0. The minimum Gasteiger partial charge on any atom is -0.497 e. The molecule has 2 aromatic carbocycles. The van der Waals surface area contributed by atoms with Gasteiger partial charge in [-0.2, -0.15) is 5.26 Å². The lowest BCUT2D eigenvalue weighted by Crippen LogP contribution is -2.05. The number of carbonyl (C=O) groups excluding carboxylic acids is 1. The summed E-state index contributed by atoms with van der Waals surface area (Å²) in [5, 5.41) is 9.32. The van der Waals surface area contributed by atoms with Gasteiger partial charge in [0.25, 0.3) is 0 Å². The van der Waals surface area contributed by atoms with Crippen molar-refractivity contribution in [2.75, 3.05) is 7.11 Å². The molecule has 0 bridgehead atoms. The molecule has 4 heteroatoms. The van der Waals surface area contributed by atoms with Gasteiger partial charge >= 0.3 is 0 Å². The fraction of sp³-hybridized carbons (Fsp3) is 0.200. The summed E-state index contributed by atoms with van der Waals surface area (Å²) in [5.41, 5.74) is 1.25. The number of ketones is 1. The normalized spacial score (nSPS) is 11.0. The number of benzene rings is 2. The summed E-state index contributed by atoms with van der Waals surface area (Å²) in [5.74, 6) is 0.993. The van der Waals surface area contributed by atoms with Crippen LogP contribution in [0.25, 0.3) is 6.08 Å². The summed E-state index contributed by atoms with van der Waals surface area (Å²) in [6, 6.07) is 16.0. The van der Waals surface area contributed by atoms with Crippen LogP contribution in [0.1, 0.15) is 29.8 Å². The standard InChI is InChI=1S/C20H19NO3/c1-14(2)24-18-9-7-15(8-10-18)11-17(13-21)20(22)16-5-4-6-19(12-16)23-3/h4-12,14H,1-3H3/b17-11+. The molecule has 0 aliphatic rings. The number of Topliss-reactive ketones (excluding diaryl/α,β-unsaturated/α-hetero) is 1. The molecule has 4 nitrogen and oxygen atoms in total. The van der Waals surface area contributed by atoms with Crippen LogP contribution >= 0.6 is 0 Å². The van der Waals surface area contributed by atoms with E-state index in [0.29, 0.717) is 11.3 Å². The van der Waals surface area contributed by atoms with Crippen molar-refractivity contribution in [2.45, 2.75) is 20.0 Å². The topological polar surface area (TPSA) is 59.3 Å². The third-order valence-corrected chi connectivity index (χ3v) is 3.26. The SMILES string of the molecule is COc1cccc(C(=O)/C(C#N)=C/c2ccc(OC(C)C)cc2)c1. The molecule has 0 unspecified atom stereocenters. The van der Waals surface area contributed by atoms with Gasteiger partial charge in [0.15, 0.2) is 0 Å². The zero-order valence-electron chi connectivity index (χ0n) is 13.9. The molecule has 0 spiro atoms. The third-order valence-electron chi connectivity index (χ3n) is 3.26. The second kappa shape index (κ2) is 7.98. The van der Waals surface area contributed by atoms with Crippen LogP contribution in [-0.4, -0.2) is 19.0 Å².